The van der Waals surface area contributed by atoms with Crippen molar-refractivity contribution in [2.45, 2.75) is 44.4 Å². The van der Waals surface area contributed by atoms with E-state index >= 15 is 0 Å². The highest BCUT2D eigenvalue weighted by Gasteiger charge is 2.33. The molecule has 2 aromatic carbocycles. The van der Waals surface area contributed by atoms with Gasteiger partial charge in [-0.3, -0.25) is 4.79 Å². The number of benzene rings is 2. The first-order chi connectivity index (χ1) is 13.9. The van der Waals surface area contributed by atoms with Gasteiger partial charge in [0.2, 0.25) is 5.91 Å². The van der Waals surface area contributed by atoms with Gasteiger partial charge in [-0.25, -0.2) is 0 Å². The number of amidine groups is 1. The standard InChI is InChI=1S/C22H25N3O3S/c1-3-4-12-25-19-11-10-18(23-22(26)16-8-9-16)14-20(19)29(27,28)24-21(25)17-7-5-6-15(2)13-17/h5-7,10-11,13-14,16H,3-4,8-9,12H2,1-2H3,(H,23,26). The van der Waals surface area contributed by atoms with E-state index in [1.54, 1.807) is 12.1 Å². The Morgan fingerprint density at radius 2 is 2.00 bits per heavy atom. The van der Waals surface area contributed by atoms with Gasteiger partial charge in [0, 0.05) is 23.7 Å². The Hall–Kier alpha value is -2.67. The van der Waals surface area contributed by atoms with Crippen molar-refractivity contribution in [1.29, 1.82) is 0 Å². The van der Waals surface area contributed by atoms with Gasteiger partial charge in [0.1, 0.15) is 4.90 Å². The molecule has 152 valence electrons. The molecule has 4 rings (SSSR count). The summed E-state index contributed by atoms with van der Waals surface area (Å²) in [5.41, 5.74) is 2.92. The zero-order valence-corrected chi connectivity index (χ0v) is 17.5. The molecule has 0 aromatic heterocycles. The molecule has 0 radical (unpaired) electrons. The van der Waals surface area contributed by atoms with Crippen LogP contribution in [-0.4, -0.2) is 26.7 Å². The Morgan fingerprint density at radius 1 is 1.21 bits per heavy atom. The maximum atomic E-state index is 13.0. The van der Waals surface area contributed by atoms with Crippen molar-refractivity contribution < 1.29 is 13.2 Å². The van der Waals surface area contributed by atoms with Crippen LogP contribution in [0.3, 0.4) is 0 Å². The SMILES string of the molecule is CCCCN1C(c2cccc(C)c2)=NS(=O)(=O)c2cc(NC(=O)C3CC3)ccc21. The quantitative estimate of drug-likeness (QED) is 0.776. The minimum Gasteiger partial charge on any atom is -0.326 e. The van der Waals surface area contributed by atoms with Gasteiger partial charge >= 0.3 is 0 Å². The Bertz CT molecular complexity index is 1090. The summed E-state index contributed by atoms with van der Waals surface area (Å²) in [6, 6.07) is 12.8. The number of aryl methyl sites for hydroxylation is 1. The van der Waals surface area contributed by atoms with Crippen LogP contribution < -0.4 is 10.2 Å². The number of nitrogens with zero attached hydrogens (tertiary/aromatic N) is 2. The summed E-state index contributed by atoms with van der Waals surface area (Å²) in [6.07, 6.45) is 3.67. The summed E-state index contributed by atoms with van der Waals surface area (Å²) in [7, 11) is -3.88. The van der Waals surface area contributed by atoms with Crippen molar-refractivity contribution in [1.82, 2.24) is 0 Å². The fraction of sp³-hybridized carbons (Fsp3) is 0.364. The molecule has 1 N–H and O–H groups in total. The second-order valence-electron chi connectivity index (χ2n) is 7.71. The molecule has 1 aliphatic carbocycles. The van der Waals surface area contributed by atoms with E-state index in [1.807, 2.05) is 36.1 Å². The molecule has 0 saturated heterocycles. The smallest absolute Gasteiger partial charge is 0.286 e. The molecular formula is C22H25N3O3S. The first-order valence-electron chi connectivity index (χ1n) is 10.0. The van der Waals surface area contributed by atoms with Crippen molar-refractivity contribution in [3.8, 4) is 0 Å². The molecule has 1 amide bonds. The lowest BCUT2D eigenvalue weighted by atomic mass is 10.1. The predicted octanol–water partition coefficient (Wildman–Crippen LogP) is 4.10. The summed E-state index contributed by atoms with van der Waals surface area (Å²) in [4.78, 5) is 14.2. The minimum absolute atomic E-state index is 0.0506. The Labute approximate surface area is 171 Å². The van der Waals surface area contributed by atoms with Gasteiger partial charge in [-0.1, -0.05) is 37.1 Å². The Balaban J connectivity index is 1.77. The average Bonchev–Trinajstić information content (AvgIpc) is 3.53. The summed E-state index contributed by atoms with van der Waals surface area (Å²) in [5.74, 6) is 0.448. The number of anilines is 2. The largest absolute Gasteiger partial charge is 0.326 e. The van der Waals surface area contributed by atoms with E-state index in [0.717, 1.165) is 36.8 Å². The van der Waals surface area contributed by atoms with Crippen LogP contribution in [0.25, 0.3) is 0 Å². The van der Waals surface area contributed by atoms with Gasteiger partial charge in [-0.2, -0.15) is 8.42 Å². The van der Waals surface area contributed by atoms with E-state index in [1.165, 1.54) is 6.07 Å². The number of hydrogen-bond donors (Lipinski definition) is 1. The van der Waals surface area contributed by atoms with E-state index in [4.69, 9.17) is 0 Å². The highest BCUT2D eigenvalue weighted by atomic mass is 32.2. The summed E-state index contributed by atoms with van der Waals surface area (Å²) in [5, 5.41) is 2.83. The van der Waals surface area contributed by atoms with Crippen LogP contribution in [0.1, 0.15) is 43.7 Å². The van der Waals surface area contributed by atoms with Gasteiger partial charge in [0.15, 0.2) is 5.84 Å². The van der Waals surface area contributed by atoms with Gasteiger partial charge in [-0.15, -0.1) is 4.40 Å². The van der Waals surface area contributed by atoms with Crippen LogP contribution in [0.15, 0.2) is 51.8 Å². The molecule has 1 aliphatic heterocycles. The van der Waals surface area contributed by atoms with Crippen molar-refractivity contribution in [3.05, 3.63) is 53.6 Å². The molecule has 2 aliphatic rings. The molecule has 0 spiro atoms. The van der Waals surface area contributed by atoms with E-state index in [9.17, 15) is 13.2 Å². The van der Waals surface area contributed by atoms with Crippen LogP contribution in [0.4, 0.5) is 11.4 Å². The van der Waals surface area contributed by atoms with E-state index in [0.29, 0.717) is 23.8 Å². The lowest BCUT2D eigenvalue weighted by Gasteiger charge is -2.31. The highest BCUT2D eigenvalue weighted by Crippen LogP contribution is 2.36. The molecule has 0 atom stereocenters. The highest BCUT2D eigenvalue weighted by molar-refractivity contribution is 7.90. The van der Waals surface area contributed by atoms with E-state index < -0.39 is 10.0 Å². The third-order valence-electron chi connectivity index (χ3n) is 5.22. The number of unbranched alkanes of at least 4 members (excludes halogenated alkanes) is 1. The first-order valence-corrected chi connectivity index (χ1v) is 11.5. The monoisotopic (exact) mass is 411 g/mol. The molecule has 7 heteroatoms. The van der Waals surface area contributed by atoms with E-state index in [-0.39, 0.29) is 16.7 Å². The van der Waals surface area contributed by atoms with E-state index in [2.05, 4.69) is 16.6 Å². The minimum atomic E-state index is -3.88. The van der Waals surface area contributed by atoms with Gasteiger partial charge in [0.25, 0.3) is 10.0 Å². The van der Waals surface area contributed by atoms with Crippen LogP contribution >= 0.6 is 0 Å². The van der Waals surface area contributed by atoms with Gasteiger partial charge < -0.3 is 10.2 Å². The Morgan fingerprint density at radius 3 is 2.69 bits per heavy atom. The average molecular weight is 412 g/mol. The second-order valence-corrected chi connectivity index (χ2v) is 9.28. The maximum Gasteiger partial charge on any atom is 0.286 e. The number of nitrogens with one attached hydrogen (secondary N) is 1. The van der Waals surface area contributed by atoms with Crippen LogP contribution in [0, 0.1) is 12.8 Å². The number of sulfonamides is 1. The zero-order valence-electron chi connectivity index (χ0n) is 16.7. The van der Waals surface area contributed by atoms with Crippen molar-refractivity contribution in [3.63, 3.8) is 0 Å². The predicted molar refractivity (Wildman–Crippen MR) is 115 cm³/mol. The van der Waals surface area contributed by atoms with Crippen LogP contribution in [0.5, 0.6) is 0 Å². The molecule has 1 fully saturated rings. The van der Waals surface area contributed by atoms with Crippen LogP contribution in [0.2, 0.25) is 0 Å². The third-order valence-corrected chi connectivity index (χ3v) is 6.51. The second kappa shape index (κ2) is 7.63. The molecule has 0 unspecified atom stereocenters. The molecule has 2 aromatic rings. The van der Waals surface area contributed by atoms with Crippen LogP contribution in [-0.2, 0) is 14.8 Å². The number of carbonyl (C=O) groups excluding carboxylic acids is 1. The summed E-state index contributed by atoms with van der Waals surface area (Å²) >= 11 is 0. The normalized spacial score (nSPS) is 17.4. The lowest BCUT2D eigenvalue weighted by Crippen LogP contribution is -2.37. The molecule has 1 heterocycles. The molecular weight excluding hydrogens is 386 g/mol. The number of rotatable bonds is 6. The van der Waals surface area contributed by atoms with Crippen molar-refractivity contribution >= 4 is 33.1 Å². The number of amides is 1. The number of hydrogen-bond acceptors (Lipinski definition) is 4. The van der Waals surface area contributed by atoms with Gasteiger partial charge in [-0.05, 0) is 50.5 Å². The number of fused-ring (bicyclic) bond motifs is 1. The molecule has 1 saturated carbocycles. The van der Waals surface area contributed by atoms with Gasteiger partial charge in [0.05, 0.1) is 5.69 Å². The third kappa shape index (κ3) is 4.05. The topological polar surface area (TPSA) is 78.8 Å². The maximum absolute atomic E-state index is 13.0. The fourth-order valence-corrected chi connectivity index (χ4v) is 4.72. The molecule has 6 nitrogen and oxygen atoms in total. The molecule has 29 heavy (non-hydrogen) atoms. The summed E-state index contributed by atoms with van der Waals surface area (Å²) < 4.78 is 30.2. The fourth-order valence-electron chi connectivity index (χ4n) is 3.47. The van der Waals surface area contributed by atoms with Crippen molar-refractivity contribution in [2.24, 2.45) is 10.3 Å². The first kappa shape index (κ1) is 19.6. The Kier molecular flexibility index (Phi) is 5.17. The summed E-state index contributed by atoms with van der Waals surface area (Å²) in [6.45, 7) is 4.74. The molecule has 0 bridgehead atoms. The zero-order chi connectivity index (χ0) is 20.6. The number of carbonyl (C=O) groups is 1. The van der Waals surface area contributed by atoms with Crippen molar-refractivity contribution in [2.75, 3.05) is 16.8 Å². The lowest BCUT2D eigenvalue weighted by molar-refractivity contribution is -0.117.